The first-order valence-electron chi connectivity index (χ1n) is 8.46. The molecule has 0 bridgehead atoms. The molecule has 1 aliphatic rings. The Morgan fingerprint density at radius 2 is 1.75 bits per heavy atom. The van der Waals surface area contributed by atoms with Gasteiger partial charge in [0, 0.05) is 18.5 Å². The number of rotatable bonds is 4. The van der Waals surface area contributed by atoms with Gasteiger partial charge in [-0.2, -0.15) is 0 Å². The second-order valence-electron chi connectivity index (χ2n) is 7.72. The third kappa shape index (κ3) is 5.05. The highest BCUT2D eigenvalue weighted by Gasteiger charge is 2.34. The monoisotopic (exact) mass is 335 g/mol. The molecule has 134 valence electrons. The lowest BCUT2D eigenvalue weighted by molar-refractivity contribution is 0.00582. The molecule has 0 aromatic heterocycles. The highest BCUT2D eigenvalue weighted by Crippen LogP contribution is 2.34. The van der Waals surface area contributed by atoms with Crippen molar-refractivity contribution in [3.8, 4) is 11.5 Å². The van der Waals surface area contributed by atoms with Crippen molar-refractivity contribution in [2.75, 3.05) is 26.8 Å². The lowest BCUT2D eigenvalue weighted by Gasteiger charge is -2.39. The second kappa shape index (κ2) is 7.32. The number of hydrogen-bond acceptors (Lipinski definition) is 4. The van der Waals surface area contributed by atoms with E-state index in [2.05, 4.69) is 6.92 Å². The lowest BCUT2D eigenvalue weighted by Crippen LogP contribution is -2.46. The number of piperidine rings is 1. The van der Waals surface area contributed by atoms with Crippen molar-refractivity contribution in [3.05, 3.63) is 24.3 Å². The average Bonchev–Trinajstić information content (AvgIpc) is 2.52. The molecule has 1 aliphatic heterocycles. The van der Waals surface area contributed by atoms with Gasteiger partial charge in [-0.1, -0.05) is 19.1 Å². The van der Waals surface area contributed by atoms with Crippen molar-refractivity contribution < 1.29 is 19.0 Å². The fourth-order valence-electron chi connectivity index (χ4n) is 2.69. The van der Waals surface area contributed by atoms with Gasteiger partial charge in [0.05, 0.1) is 13.7 Å². The molecule has 0 radical (unpaired) electrons. The molecule has 0 spiro atoms. The molecule has 5 heteroatoms. The first-order chi connectivity index (χ1) is 11.2. The number of amides is 1. The van der Waals surface area contributed by atoms with E-state index < -0.39 is 5.60 Å². The summed E-state index contributed by atoms with van der Waals surface area (Å²) in [7, 11) is 1.64. The van der Waals surface area contributed by atoms with E-state index in [-0.39, 0.29) is 11.5 Å². The summed E-state index contributed by atoms with van der Waals surface area (Å²) in [6.45, 7) is 9.87. The standard InChI is InChI=1S/C19H29NO4/c1-18(2,3)24-17(21)20-12-10-19(4,11-13-20)14-23-16-9-7-6-8-15(16)22-5/h6-9H,10-14H2,1-5H3. The third-order valence-electron chi connectivity index (χ3n) is 4.27. The van der Waals surface area contributed by atoms with Crippen LogP contribution in [0.25, 0.3) is 0 Å². The smallest absolute Gasteiger partial charge is 0.410 e. The van der Waals surface area contributed by atoms with Crippen molar-refractivity contribution in [1.82, 2.24) is 4.90 Å². The van der Waals surface area contributed by atoms with Crippen LogP contribution in [0.4, 0.5) is 4.79 Å². The number of nitrogens with zero attached hydrogens (tertiary/aromatic N) is 1. The van der Waals surface area contributed by atoms with E-state index in [4.69, 9.17) is 14.2 Å². The van der Waals surface area contributed by atoms with E-state index in [0.29, 0.717) is 19.7 Å². The molecule has 1 saturated heterocycles. The van der Waals surface area contributed by atoms with Crippen LogP contribution < -0.4 is 9.47 Å². The number of carbonyl (C=O) groups is 1. The minimum absolute atomic E-state index is 0.0410. The largest absolute Gasteiger partial charge is 0.493 e. The van der Waals surface area contributed by atoms with Crippen LogP contribution in [0, 0.1) is 5.41 Å². The average molecular weight is 335 g/mol. The van der Waals surface area contributed by atoms with Crippen molar-refractivity contribution in [2.24, 2.45) is 5.41 Å². The van der Waals surface area contributed by atoms with Gasteiger partial charge in [0.2, 0.25) is 0 Å². The van der Waals surface area contributed by atoms with Crippen LogP contribution in [0.2, 0.25) is 0 Å². The topological polar surface area (TPSA) is 48.0 Å². The van der Waals surface area contributed by atoms with Crippen molar-refractivity contribution in [1.29, 1.82) is 0 Å². The van der Waals surface area contributed by atoms with Crippen LogP contribution >= 0.6 is 0 Å². The van der Waals surface area contributed by atoms with Gasteiger partial charge in [-0.15, -0.1) is 0 Å². The Morgan fingerprint density at radius 3 is 2.29 bits per heavy atom. The molecule has 1 amide bonds. The summed E-state index contributed by atoms with van der Waals surface area (Å²) < 4.78 is 16.7. The normalized spacial score (nSPS) is 17.3. The summed E-state index contributed by atoms with van der Waals surface area (Å²) in [5.41, 5.74) is -0.413. The van der Waals surface area contributed by atoms with Gasteiger partial charge in [0.15, 0.2) is 11.5 Å². The zero-order valence-corrected chi connectivity index (χ0v) is 15.4. The number of likely N-dealkylation sites (tertiary alicyclic amines) is 1. The third-order valence-corrected chi connectivity index (χ3v) is 4.27. The fourth-order valence-corrected chi connectivity index (χ4v) is 2.69. The molecule has 1 heterocycles. The molecule has 0 unspecified atom stereocenters. The van der Waals surface area contributed by atoms with Gasteiger partial charge in [0.1, 0.15) is 5.60 Å². The SMILES string of the molecule is COc1ccccc1OCC1(C)CCN(C(=O)OC(C)(C)C)CC1. The van der Waals surface area contributed by atoms with Crippen molar-refractivity contribution in [2.45, 2.75) is 46.1 Å². The Kier molecular flexibility index (Phi) is 5.62. The molecular formula is C19H29NO4. The summed E-state index contributed by atoms with van der Waals surface area (Å²) in [4.78, 5) is 13.9. The summed E-state index contributed by atoms with van der Waals surface area (Å²) in [6, 6.07) is 7.67. The number of para-hydroxylation sites is 2. The summed E-state index contributed by atoms with van der Waals surface area (Å²) in [5, 5.41) is 0. The van der Waals surface area contributed by atoms with Gasteiger partial charge >= 0.3 is 6.09 Å². The zero-order valence-electron chi connectivity index (χ0n) is 15.4. The maximum absolute atomic E-state index is 12.1. The Morgan fingerprint density at radius 1 is 1.17 bits per heavy atom. The summed E-state index contributed by atoms with van der Waals surface area (Å²) in [5.74, 6) is 1.50. The zero-order chi connectivity index (χ0) is 17.8. The Hall–Kier alpha value is -1.91. The maximum Gasteiger partial charge on any atom is 0.410 e. The highest BCUT2D eigenvalue weighted by molar-refractivity contribution is 5.68. The molecule has 0 saturated carbocycles. The predicted octanol–water partition coefficient (Wildman–Crippen LogP) is 4.11. The molecule has 2 rings (SSSR count). The molecule has 1 fully saturated rings. The Labute approximate surface area is 144 Å². The Balaban J connectivity index is 1.87. The number of hydrogen-bond donors (Lipinski definition) is 0. The molecule has 0 N–H and O–H groups in total. The van der Waals surface area contributed by atoms with Crippen LogP contribution in [-0.2, 0) is 4.74 Å². The van der Waals surface area contributed by atoms with Crippen LogP contribution in [0.15, 0.2) is 24.3 Å². The highest BCUT2D eigenvalue weighted by atomic mass is 16.6. The van der Waals surface area contributed by atoms with Crippen LogP contribution in [0.5, 0.6) is 11.5 Å². The molecule has 1 aromatic rings. The molecule has 5 nitrogen and oxygen atoms in total. The van der Waals surface area contributed by atoms with E-state index in [9.17, 15) is 4.79 Å². The van der Waals surface area contributed by atoms with E-state index in [0.717, 1.165) is 24.3 Å². The van der Waals surface area contributed by atoms with Crippen LogP contribution in [0.1, 0.15) is 40.5 Å². The number of benzene rings is 1. The van der Waals surface area contributed by atoms with E-state index in [1.807, 2.05) is 45.0 Å². The predicted molar refractivity (Wildman–Crippen MR) is 93.6 cm³/mol. The summed E-state index contributed by atoms with van der Waals surface area (Å²) >= 11 is 0. The molecule has 24 heavy (non-hydrogen) atoms. The van der Waals surface area contributed by atoms with E-state index in [1.165, 1.54) is 0 Å². The molecule has 0 atom stereocenters. The molecular weight excluding hydrogens is 306 g/mol. The lowest BCUT2D eigenvalue weighted by atomic mass is 9.81. The van der Waals surface area contributed by atoms with Gasteiger partial charge in [-0.05, 0) is 45.7 Å². The number of ether oxygens (including phenoxy) is 3. The van der Waals surface area contributed by atoms with Crippen LogP contribution in [0.3, 0.4) is 0 Å². The fraction of sp³-hybridized carbons (Fsp3) is 0.632. The second-order valence-corrected chi connectivity index (χ2v) is 7.72. The maximum atomic E-state index is 12.1. The van der Waals surface area contributed by atoms with Gasteiger partial charge in [0.25, 0.3) is 0 Å². The summed E-state index contributed by atoms with van der Waals surface area (Å²) in [6.07, 6.45) is 1.55. The van der Waals surface area contributed by atoms with Crippen molar-refractivity contribution >= 4 is 6.09 Å². The van der Waals surface area contributed by atoms with Crippen molar-refractivity contribution in [3.63, 3.8) is 0 Å². The first kappa shape index (κ1) is 18.4. The molecule has 0 aliphatic carbocycles. The van der Waals surface area contributed by atoms with Gasteiger partial charge < -0.3 is 19.1 Å². The number of methoxy groups -OCH3 is 1. The Bertz CT molecular complexity index is 557. The number of carbonyl (C=O) groups excluding carboxylic acids is 1. The van der Waals surface area contributed by atoms with Gasteiger partial charge in [-0.3, -0.25) is 0 Å². The minimum atomic E-state index is -0.454. The quantitative estimate of drug-likeness (QED) is 0.831. The van der Waals surface area contributed by atoms with Crippen LogP contribution in [-0.4, -0.2) is 43.4 Å². The minimum Gasteiger partial charge on any atom is -0.493 e. The van der Waals surface area contributed by atoms with E-state index >= 15 is 0 Å². The molecule has 1 aromatic carbocycles. The van der Waals surface area contributed by atoms with E-state index in [1.54, 1.807) is 12.0 Å². The first-order valence-corrected chi connectivity index (χ1v) is 8.46. The van der Waals surface area contributed by atoms with Gasteiger partial charge in [-0.25, -0.2) is 4.79 Å².